The molecule has 162 valence electrons. The first-order chi connectivity index (χ1) is 14.0. The van der Waals surface area contributed by atoms with Gasteiger partial charge in [-0.15, -0.1) is 0 Å². The zero-order valence-electron chi connectivity index (χ0n) is 18.5. The predicted molar refractivity (Wildman–Crippen MR) is 117 cm³/mol. The maximum Gasteiger partial charge on any atom is 0.314 e. The van der Waals surface area contributed by atoms with Gasteiger partial charge in [0.05, 0.1) is 17.6 Å². The minimum Gasteiger partial charge on any atom is -0.481 e. The van der Waals surface area contributed by atoms with E-state index in [1.54, 1.807) is 12.1 Å². The Kier molecular flexibility index (Phi) is 5.21. The molecule has 0 aromatic heterocycles. The monoisotopic (exact) mass is 412 g/mol. The maximum absolute atomic E-state index is 14.8. The average molecular weight is 413 g/mol. The lowest BCUT2D eigenvalue weighted by Gasteiger charge is -2.45. The van der Waals surface area contributed by atoms with Gasteiger partial charge in [0.2, 0.25) is 0 Å². The van der Waals surface area contributed by atoms with Crippen molar-refractivity contribution < 1.29 is 19.0 Å². The van der Waals surface area contributed by atoms with Crippen LogP contribution in [0.1, 0.15) is 77.3 Å². The van der Waals surface area contributed by atoms with Crippen molar-refractivity contribution in [1.29, 1.82) is 0 Å². The lowest BCUT2D eigenvalue weighted by Crippen LogP contribution is -2.39. The van der Waals surface area contributed by atoms with E-state index in [1.807, 2.05) is 18.2 Å². The number of hydrogen-bond donors (Lipinski definition) is 1. The molecule has 1 N–H and O–H groups in total. The minimum absolute atomic E-state index is 0.0209. The van der Waals surface area contributed by atoms with Crippen LogP contribution in [0.3, 0.4) is 0 Å². The van der Waals surface area contributed by atoms with Crippen LogP contribution >= 0.6 is 0 Å². The quantitative estimate of drug-likeness (QED) is 0.619. The molecule has 4 heteroatoms. The van der Waals surface area contributed by atoms with Gasteiger partial charge in [0.15, 0.2) is 0 Å². The van der Waals surface area contributed by atoms with E-state index in [0.717, 1.165) is 24.8 Å². The van der Waals surface area contributed by atoms with Crippen LogP contribution in [0, 0.1) is 16.6 Å². The summed E-state index contributed by atoms with van der Waals surface area (Å²) >= 11 is 0. The van der Waals surface area contributed by atoms with E-state index in [-0.39, 0.29) is 28.9 Å². The first-order valence-electron chi connectivity index (χ1n) is 11.1. The van der Waals surface area contributed by atoms with Crippen LogP contribution in [0.4, 0.5) is 4.39 Å². The molecule has 30 heavy (non-hydrogen) atoms. The van der Waals surface area contributed by atoms with Gasteiger partial charge in [0.1, 0.15) is 5.82 Å². The van der Waals surface area contributed by atoms with Crippen molar-refractivity contribution in [3.8, 4) is 0 Å². The molecule has 3 nitrogen and oxygen atoms in total. The Balaban J connectivity index is 1.42. The number of rotatable bonds is 5. The van der Waals surface area contributed by atoms with Gasteiger partial charge in [-0.3, -0.25) is 4.79 Å². The van der Waals surface area contributed by atoms with Gasteiger partial charge in [0, 0.05) is 5.56 Å². The molecule has 2 fully saturated rings. The molecule has 1 aromatic rings. The van der Waals surface area contributed by atoms with E-state index in [0.29, 0.717) is 24.0 Å². The molecule has 0 saturated heterocycles. The largest absolute Gasteiger partial charge is 0.481 e. The fourth-order valence-corrected chi connectivity index (χ4v) is 5.79. The molecule has 2 saturated carbocycles. The summed E-state index contributed by atoms with van der Waals surface area (Å²) in [6.07, 6.45) is 11.5. The van der Waals surface area contributed by atoms with Crippen molar-refractivity contribution in [3.05, 3.63) is 53.4 Å². The van der Waals surface area contributed by atoms with Crippen LogP contribution in [0.15, 0.2) is 36.4 Å². The average Bonchev–Trinajstić information content (AvgIpc) is 3.42. The molecule has 0 amide bonds. The van der Waals surface area contributed by atoms with Crippen LogP contribution < -0.4 is 0 Å². The summed E-state index contributed by atoms with van der Waals surface area (Å²) in [5.74, 6) is -1.22. The van der Waals surface area contributed by atoms with Gasteiger partial charge in [-0.25, -0.2) is 4.39 Å². The maximum atomic E-state index is 14.8. The molecule has 1 aromatic carbocycles. The predicted octanol–water partition coefficient (Wildman–Crippen LogP) is 6.28. The molecule has 3 aliphatic rings. The van der Waals surface area contributed by atoms with E-state index in [1.165, 1.54) is 12.5 Å². The molecule has 1 unspecified atom stereocenters. The van der Waals surface area contributed by atoms with E-state index in [2.05, 4.69) is 27.7 Å². The van der Waals surface area contributed by atoms with Crippen molar-refractivity contribution in [1.82, 2.24) is 0 Å². The fourth-order valence-electron chi connectivity index (χ4n) is 5.79. The van der Waals surface area contributed by atoms with Crippen molar-refractivity contribution in [2.24, 2.45) is 10.8 Å². The zero-order valence-corrected chi connectivity index (χ0v) is 18.5. The van der Waals surface area contributed by atoms with Gasteiger partial charge in [-0.1, -0.05) is 58.1 Å². The number of halogens is 1. The molecular formula is C26H33FO3. The second-order valence-electron chi connectivity index (χ2n) is 11.0. The second kappa shape index (κ2) is 7.33. The minimum atomic E-state index is -0.878. The number of aliphatic carboxylic acids is 1. The Hall–Kier alpha value is -1.94. The van der Waals surface area contributed by atoms with E-state index in [4.69, 9.17) is 4.74 Å². The van der Waals surface area contributed by atoms with Gasteiger partial charge in [0.25, 0.3) is 0 Å². The Morgan fingerprint density at radius 3 is 2.30 bits per heavy atom. The highest BCUT2D eigenvalue weighted by atomic mass is 19.1. The van der Waals surface area contributed by atoms with Crippen LogP contribution in [-0.4, -0.2) is 23.3 Å². The summed E-state index contributed by atoms with van der Waals surface area (Å²) in [6, 6.07) is 4.89. The molecule has 0 bridgehead atoms. The lowest BCUT2D eigenvalue weighted by molar-refractivity contribution is -0.140. The standard InChI is InChI=1S/C26H33FO3/c1-24(2)14-20(15-25(3,4)16-24)30-19-8-5-17(6-9-19)21-10-7-18(13-22(21)27)26(11-12-26)23(28)29/h5-8,10,13,19-20H,9,11-12,14-16H2,1-4H3,(H,28,29). The smallest absolute Gasteiger partial charge is 0.314 e. The number of benzene rings is 1. The number of carboxylic acids is 1. The summed E-state index contributed by atoms with van der Waals surface area (Å²) < 4.78 is 21.2. The Labute approximate surface area is 179 Å². The van der Waals surface area contributed by atoms with Crippen molar-refractivity contribution in [2.45, 2.75) is 83.8 Å². The summed E-state index contributed by atoms with van der Waals surface area (Å²) in [5.41, 5.74) is 1.62. The van der Waals surface area contributed by atoms with Crippen molar-refractivity contribution in [3.63, 3.8) is 0 Å². The summed E-state index contributed by atoms with van der Waals surface area (Å²) in [6.45, 7) is 9.28. The molecule has 4 rings (SSSR count). The van der Waals surface area contributed by atoms with E-state index < -0.39 is 11.4 Å². The van der Waals surface area contributed by atoms with Gasteiger partial charge in [-0.2, -0.15) is 0 Å². The number of hydrogen-bond acceptors (Lipinski definition) is 2. The molecule has 0 radical (unpaired) electrons. The summed E-state index contributed by atoms with van der Waals surface area (Å²) in [4.78, 5) is 11.5. The molecule has 0 spiro atoms. The van der Waals surface area contributed by atoms with E-state index >= 15 is 0 Å². The van der Waals surface area contributed by atoms with Gasteiger partial charge in [-0.05, 0) is 66.6 Å². The third-order valence-electron chi connectivity index (χ3n) is 6.94. The Morgan fingerprint density at radius 1 is 1.13 bits per heavy atom. The van der Waals surface area contributed by atoms with Crippen LogP contribution in [0.5, 0.6) is 0 Å². The van der Waals surface area contributed by atoms with Crippen molar-refractivity contribution >= 4 is 11.5 Å². The Bertz CT molecular complexity index is 889. The number of ether oxygens (including phenoxy) is 1. The highest BCUT2D eigenvalue weighted by molar-refractivity contribution is 5.85. The number of allylic oxidation sites excluding steroid dienone is 2. The Morgan fingerprint density at radius 2 is 1.80 bits per heavy atom. The fraction of sp³-hybridized carbons (Fsp3) is 0.577. The van der Waals surface area contributed by atoms with Crippen molar-refractivity contribution in [2.75, 3.05) is 0 Å². The normalized spacial score (nSPS) is 26.8. The van der Waals surface area contributed by atoms with Gasteiger partial charge < -0.3 is 9.84 Å². The molecule has 3 aliphatic carbocycles. The molecular weight excluding hydrogens is 379 g/mol. The molecule has 0 heterocycles. The summed E-state index contributed by atoms with van der Waals surface area (Å²) in [7, 11) is 0. The lowest BCUT2D eigenvalue weighted by atomic mass is 9.64. The molecule has 1 atom stereocenters. The SMILES string of the molecule is CC1(C)CC(OC2C=CC(c3ccc(C4(C(=O)O)CC4)cc3F)=CC2)CC(C)(C)C1. The first kappa shape index (κ1) is 21.3. The highest BCUT2D eigenvalue weighted by Gasteiger charge is 2.52. The first-order valence-corrected chi connectivity index (χ1v) is 11.1. The van der Waals surface area contributed by atoms with Crippen LogP contribution in [0.25, 0.3) is 5.57 Å². The number of carbonyl (C=O) groups is 1. The summed E-state index contributed by atoms with van der Waals surface area (Å²) in [5, 5.41) is 9.44. The topological polar surface area (TPSA) is 46.5 Å². The molecule has 0 aliphatic heterocycles. The zero-order chi connectivity index (χ0) is 21.7. The third-order valence-corrected chi connectivity index (χ3v) is 6.94. The van der Waals surface area contributed by atoms with E-state index in [9.17, 15) is 14.3 Å². The third kappa shape index (κ3) is 4.25. The van der Waals surface area contributed by atoms with Crippen LogP contribution in [0.2, 0.25) is 0 Å². The highest BCUT2D eigenvalue weighted by Crippen LogP contribution is 2.49. The van der Waals surface area contributed by atoms with Gasteiger partial charge >= 0.3 is 5.97 Å². The number of carboxylic acid groups (broad SMARTS) is 1. The van der Waals surface area contributed by atoms with Crippen LogP contribution in [-0.2, 0) is 14.9 Å². The second-order valence-corrected chi connectivity index (χ2v) is 11.0.